The number of esters is 1. The van der Waals surface area contributed by atoms with Crippen LogP contribution in [0.3, 0.4) is 0 Å². The normalized spacial score (nSPS) is 11.2. The summed E-state index contributed by atoms with van der Waals surface area (Å²) in [6, 6.07) is 19.3. The minimum Gasteiger partial charge on any atom is -0.507 e. The van der Waals surface area contributed by atoms with Gasteiger partial charge in [0, 0.05) is 35.3 Å². The molecule has 1 heterocycles. The van der Waals surface area contributed by atoms with E-state index < -0.39 is 5.97 Å². The second-order valence-electron chi connectivity index (χ2n) is 6.37. The van der Waals surface area contributed by atoms with Crippen LogP contribution < -0.4 is 0 Å². The van der Waals surface area contributed by atoms with Crippen LogP contribution in [0.25, 0.3) is 21.7 Å². The molecule has 0 aliphatic carbocycles. The quantitative estimate of drug-likeness (QED) is 0.559. The first-order valence-corrected chi connectivity index (χ1v) is 8.46. The Balaban J connectivity index is 2.08. The van der Waals surface area contributed by atoms with Crippen LogP contribution in [0.4, 0.5) is 0 Å². The van der Waals surface area contributed by atoms with E-state index in [0.29, 0.717) is 17.4 Å². The van der Waals surface area contributed by atoms with Crippen LogP contribution >= 0.6 is 0 Å². The zero-order chi connectivity index (χ0) is 18.3. The lowest BCUT2D eigenvalue weighted by atomic mass is 10.0. The smallest absolute Gasteiger partial charge is 0.340 e. The third-order valence-electron chi connectivity index (χ3n) is 4.90. The van der Waals surface area contributed by atoms with Crippen molar-refractivity contribution in [1.29, 1.82) is 0 Å². The van der Waals surface area contributed by atoms with Crippen molar-refractivity contribution in [3.8, 4) is 5.75 Å². The zero-order valence-electron chi connectivity index (χ0n) is 14.7. The lowest BCUT2D eigenvalue weighted by Gasteiger charge is -2.08. The topological polar surface area (TPSA) is 51.5 Å². The second-order valence-corrected chi connectivity index (χ2v) is 6.37. The fourth-order valence-corrected chi connectivity index (χ4v) is 3.68. The van der Waals surface area contributed by atoms with E-state index in [4.69, 9.17) is 4.74 Å². The molecule has 0 unspecified atom stereocenters. The molecule has 130 valence electrons. The molecule has 0 saturated carbocycles. The second kappa shape index (κ2) is 6.23. The van der Waals surface area contributed by atoms with Gasteiger partial charge < -0.3 is 14.4 Å². The highest BCUT2D eigenvalue weighted by Gasteiger charge is 2.24. The molecule has 1 aromatic heterocycles. The summed E-state index contributed by atoms with van der Waals surface area (Å²) in [5.74, 6) is -0.230. The molecule has 0 spiro atoms. The van der Waals surface area contributed by atoms with Crippen molar-refractivity contribution in [2.24, 2.45) is 7.05 Å². The Labute approximate surface area is 151 Å². The summed E-state index contributed by atoms with van der Waals surface area (Å²) in [5, 5.41) is 12.9. The van der Waals surface area contributed by atoms with Gasteiger partial charge in [-0.3, -0.25) is 0 Å². The van der Waals surface area contributed by atoms with Crippen LogP contribution in [0.2, 0.25) is 0 Å². The number of phenols is 1. The van der Waals surface area contributed by atoms with Crippen LogP contribution in [0.1, 0.15) is 21.6 Å². The van der Waals surface area contributed by atoms with Gasteiger partial charge in [-0.15, -0.1) is 0 Å². The summed E-state index contributed by atoms with van der Waals surface area (Å²) in [6.07, 6.45) is 0.603. The van der Waals surface area contributed by atoms with Crippen LogP contribution in [0.5, 0.6) is 5.75 Å². The van der Waals surface area contributed by atoms with Gasteiger partial charge in [0.2, 0.25) is 0 Å². The lowest BCUT2D eigenvalue weighted by molar-refractivity contribution is 0.0601. The fraction of sp³-hybridized carbons (Fsp3) is 0.136. The molecular formula is C22H19NO3. The molecule has 4 rings (SSSR count). The molecule has 4 heteroatoms. The molecule has 4 nitrogen and oxygen atoms in total. The summed E-state index contributed by atoms with van der Waals surface area (Å²) in [6.45, 7) is 0. The maximum atomic E-state index is 12.6. The monoisotopic (exact) mass is 345 g/mol. The number of fused-ring (bicyclic) bond motifs is 3. The maximum absolute atomic E-state index is 12.6. The molecule has 0 amide bonds. The minimum absolute atomic E-state index is 0.162. The number of benzene rings is 3. The van der Waals surface area contributed by atoms with Gasteiger partial charge in [0.15, 0.2) is 0 Å². The average Bonchev–Trinajstić information content (AvgIpc) is 2.94. The predicted molar refractivity (Wildman–Crippen MR) is 103 cm³/mol. The predicted octanol–water partition coefficient (Wildman–Crippen LogP) is 4.41. The zero-order valence-corrected chi connectivity index (χ0v) is 14.7. The Morgan fingerprint density at radius 2 is 1.65 bits per heavy atom. The van der Waals surface area contributed by atoms with Crippen molar-refractivity contribution in [1.82, 2.24) is 4.57 Å². The Bertz CT molecular complexity index is 1130. The van der Waals surface area contributed by atoms with Crippen LogP contribution in [0.15, 0.2) is 60.7 Å². The van der Waals surface area contributed by atoms with Crippen molar-refractivity contribution in [3.05, 3.63) is 77.5 Å². The highest BCUT2D eigenvalue weighted by molar-refractivity contribution is 6.16. The van der Waals surface area contributed by atoms with Gasteiger partial charge in [-0.1, -0.05) is 54.6 Å². The van der Waals surface area contributed by atoms with E-state index in [9.17, 15) is 9.90 Å². The molecule has 0 bridgehead atoms. The largest absolute Gasteiger partial charge is 0.507 e. The number of ether oxygens (including phenoxy) is 1. The number of methoxy groups -OCH3 is 1. The van der Waals surface area contributed by atoms with Gasteiger partial charge >= 0.3 is 5.97 Å². The summed E-state index contributed by atoms with van der Waals surface area (Å²) >= 11 is 0. The van der Waals surface area contributed by atoms with Crippen LogP contribution in [-0.4, -0.2) is 22.8 Å². The number of hydrogen-bond acceptors (Lipinski definition) is 3. The van der Waals surface area contributed by atoms with Gasteiger partial charge in [0.25, 0.3) is 0 Å². The highest BCUT2D eigenvalue weighted by Crippen LogP contribution is 2.37. The van der Waals surface area contributed by atoms with Gasteiger partial charge in [-0.05, 0) is 11.6 Å². The van der Waals surface area contributed by atoms with E-state index in [-0.39, 0.29) is 5.75 Å². The summed E-state index contributed by atoms with van der Waals surface area (Å²) in [4.78, 5) is 12.6. The first-order valence-electron chi connectivity index (χ1n) is 8.46. The van der Waals surface area contributed by atoms with E-state index in [2.05, 4.69) is 0 Å². The van der Waals surface area contributed by atoms with E-state index in [1.807, 2.05) is 66.2 Å². The van der Waals surface area contributed by atoms with E-state index in [0.717, 1.165) is 27.5 Å². The maximum Gasteiger partial charge on any atom is 0.340 e. The molecule has 0 saturated heterocycles. The highest BCUT2D eigenvalue weighted by atomic mass is 16.5. The standard InChI is InChI=1S/C22H19NO3/c1-23-18(12-14-8-4-3-5-9-14)20(22(25)26-2)17-13-19(24)15-10-6-7-11-16(15)21(17)23/h3-11,13,24H,12H2,1-2H3. The van der Waals surface area contributed by atoms with Crippen molar-refractivity contribution in [3.63, 3.8) is 0 Å². The number of aromatic nitrogens is 1. The number of aromatic hydroxyl groups is 1. The van der Waals surface area contributed by atoms with Gasteiger partial charge in [-0.25, -0.2) is 4.79 Å². The van der Waals surface area contributed by atoms with Gasteiger partial charge in [-0.2, -0.15) is 0 Å². The van der Waals surface area contributed by atoms with Crippen molar-refractivity contribution < 1.29 is 14.6 Å². The number of rotatable bonds is 3. The molecule has 26 heavy (non-hydrogen) atoms. The SMILES string of the molecule is COC(=O)c1c(Cc2ccccc2)n(C)c2c1cc(O)c1ccccc12. The molecule has 1 N–H and O–H groups in total. The number of phenolic OH excluding ortho intramolecular Hbond substituents is 1. The fourth-order valence-electron chi connectivity index (χ4n) is 3.68. The van der Waals surface area contributed by atoms with Crippen molar-refractivity contribution in [2.75, 3.05) is 7.11 Å². The number of carbonyl (C=O) groups excluding carboxylic acids is 1. The molecule has 0 aliphatic heterocycles. The van der Waals surface area contributed by atoms with E-state index >= 15 is 0 Å². The van der Waals surface area contributed by atoms with Crippen molar-refractivity contribution in [2.45, 2.75) is 6.42 Å². The first-order chi connectivity index (χ1) is 12.6. The molecule has 0 fully saturated rings. The van der Waals surface area contributed by atoms with Gasteiger partial charge in [0.1, 0.15) is 5.75 Å². The summed E-state index contributed by atoms with van der Waals surface area (Å²) < 4.78 is 7.09. The van der Waals surface area contributed by atoms with E-state index in [1.165, 1.54) is 7.11 Å². The Hall–Kier alpha value is -3.27. The molecule has 3 aromatic carbocycles. The Morgan fingerprint density at radius 3 is 2.35 bits per heavy atom. The number of nitrogens with zero attached hydrogens (tertiary/aromatic N) is 1. The lowest BCUT2D eigenvalue weighted by Crippen LogP contribution is -2.07. The first kappa shape index (κ1) is 16.2. The van der Waals surface area contributed by atoms with Crippen LogP contribution in [-0.2, 0) is 18.2 Å². The molecule has 0 aliphatic rings. The number of carbonyl (C=O) groups is 1. The summed E-state index contributed by atoms with van der Waals surface area (Å²) in [5.41, 5.74) is 3.41. The Kier molecular flexibility index (Phi) is 3.88. The number of aryl methyl sites for hydroxylation is 1. The van der Waals surface area contributed by atoms with Gasteiger partial charge in [0.05, 0.1) is 18.2 Å². The third kappa shape index (κ3) is 2.42. The molecule has 4 aromatic rings. The molecule has 0 radical (unpaired) electrons. The Morgan fingerprint density at radius 1 is 1.00 bits per heavy atom. The van der Waals surface area contributed by atoms with E-state index in [1.54, 1.807) is 6.07 Å². The average molecular weight is 345 g/mol. The molecule has 0 atom stereocenters. The van der Waals surface area contributed by atoms with Crippen LogP contribution in [0, 0.1) is 0 Å². The summed E-state index contributed by atoms with van der Waals surface area (Å²) in [7, 11) is 3.34. The number of hydrogen-bond donors (Lipinski definition) is 1. The molecular weight excluding hydrogens is 326 g/mol. The van der Waals surface area contributed by atoms with Crippen molar-refractivity contribution >= 4 is 27.6 Å². The third-order valence-corrected chi connectivity index (χ3v) is 4.90. The minimum atomic E-state index is -0.392.